The van der Waals surface area contributed by atoms with Gasteiger partial charge in [0.05, 0.1) is 5.69 Å². The molecule has 1 N–H and O–H groups in total. The second-order valence-electron chi connectivity index (χ2n) is 8.47. The molecule has 1 aliphatic heterocycles. The predicted molar refractivity (Wildman–Crippen MR) is 129 cm³/mol. The van der Waals surface area contributed by atoms with Gasteiger partial charge in [-0.25, -0.2) is 4.79 Å². The zero-order valence-electron chi connectivity index (χ0n) is 18.3. The maximum absolute atomic E-state index is 12.8. The highest BCUT2D eigenvalue weighted by molar-refractivity contribution is 6.05. The monoisotopic (exact) mass is 440 g/mol. The van der Waals surface area contributed by atoms with Crippen molar-refractivity contribution in [3.8, 4) is 11.3 Å². The van der Waals surface area contributed by atoms with Crippen LogP contribution in [0.15, 0.2) is 75.9 Å². The minimum atomic E-state index is -0.670. The Hall–Kier alpha value is -4.00. The van der Waals surface area contributed by atoms with Crippen LogP contribution in [0.2, 0.25) is 0 Å². The van der Waals surface area contributed by atoms with Gasteiger partial charge in [0, 0.05) is 29.7 Å². The van der Waals surface area contributed by atoms with Crippen molar-refractivity contribution in [3.05, 3.63) is 82.7 Å². The first-order valence-corrected chi connectivity index (χ1v) is 11.1. The number of nitrogens with zero attached hydrogens (tertiary/aromatic N) is 3. The number of rotatable bonds is 4. The molecule has 0 atom stereocenters. The van der Waals surface area contributed by atoms with E-state index < -0.39 is 11.5 Å². The van der Waals surface area contributed by atoms with Gasteiger partial charge in [0.2, 0.25) is 0 Å². The van der Waals surface area contributed by atoms with Crippen molar-refractivity contribution in [1.82, 2.24) is 10.2 Å². The number of anilines is 2. The third-order valence-corrected chi connectivity index (χ3v) is 6.06. The molecule has 33 heavy (non-hydrogen) atoms. The van der Waals surface area contributed by atoms with E-state index in [0.29, 0.717) is 22.4 Å². The standard InChI is InChI=1S/C26H24N4O3/c1-17-11-13-30(14-12-17)24-10-9-22(28-29-24)18-6-4-7-20(15-18)27-25(31)21-16-19-5-2-3-8-23(19)33-26(21)32/h2-10,15-17H,11-14H2,1H3,(H,27,31). The minimum absolute atomic E-state index is 0.0425. The van der Waals surface area contributed by atoms with E-state index in [1.807, 2.05) is 36.4 Å². The van der Waals surface area contributed by atoms with Gasteiger partial charge in [-0.3, -0.25) is 4.79 Å². The topological polar surface area (TPSA) is 88.3 Å². The second kappa shape index (κ2) is 8.86. The molecule has 0 saturated carbocycles. The molecule has 1 aliphatic rings. The Labute approximate surface area is 191 Å². The number of hydrogen-bond acceptors (Lipinski definition) is 6. The third-order valence-electron chi connectivity index (χ3n) is 6.06. The molecule has 166 valence electrons. The first-order valence-electron chi connectivity index (χ1n) is 11.1. The van der Waals surface area contributed by atoms with Crippen LogP contribution in [0.1, 0.15) is 30.1 Å². The van der Waals surface area contributed by atoms with Crippen molar-refractivity contribution >= 4 is 28.4 Å². The summed E-state index contributed by atoms with van der Waals surface area (Å²) in [4.78, 5) is 27.3. The fraction of sp³-hybridized carbons (Fsp3) is 0.231. The van der Waals surface area contributed by atoms with Crippen molar-refractivity contribution in [1.29, 1.82) is 0 Å². The molecule has 7 heteroatoms. The fourth-order valence-electron chi connectivity index (χ4n) is 4.06. The zero-order chi connectivity index (χ0) is 22.8. The largest absolute Gasteiger partial charge is 0.422 e. The Morgan fingerprint density at radius 3 is 2.61 bits per heavy atom. The van der Waals surface area contributed by atoms with Gasteiger partial charge in [0.25, 0.3) is 5.91 Å². The summed E-state index contributed by atoms with van der Waals surface area (Å²) in [6, 6.07) is 19.9. The van der Waals surface area contributed by atoms with Gasteiger partial charge in [-0.05, 0) is 55.2 Å². The summed E-state index contributed by atoms with van der Waals surface area (Å²) in [5.74, 6) is 1.12. The molecule has 0 radical (unpaired) electrons. The van der Waals surface area contributed by atoms with Crippen LogP contribution in [0.25, 0.3) is 22.2 Å². The lowest BCUT2D eigenvalue weighted by molar-refractivity contribution is 0.102. The van der Waals surface area contributed by atoms with Crippen LogP contribution in [-0.4, -0.2) is 29.2 Å². The molecule has 1 amide bonds. The average molecular weight is 441 g/mol. The summed E-state index contributed by atoms with van der Waals surface area (Å²) in [7, 11) is 0. The number of piperidine rings is 1. The van der Waals surface area contributed by atoms with Crippen LogP contribution in [0.5, 0.6) is 0 Å². The van der Waals surface area contributed by atoms with Gasteiger partial charge in [-0.2, -0.15) is 0 Å². The average Bonchev–Trinajstić information content (AvgIpc) is 2.84. The van der Waals surface area contributed by atoms with Crippen molar-refractivity contribution in [2.24, 2.45) is 5.92 Å². The number of nitrogens with one attached hydrogen (secondary N) is 1. The van der Waals surface area contributed by atoms with E-state index in [4.69, 9.17) is 4.42 Å². The van der Waals surface area contributed by atoms with E-state index in [0.717, 1.165) is 30.4 Å². The van der Waals surface area contributed by atoms with Gasteiger partial charge in [-0.1, -0.05) is 37.3 Å². The normalized spacial score (nSPS) is 14.4. The summed E-state index contributed by atoms with van der Waals surface area (Å²) in [5, 5.41) is 12.3. The quantitative estimate of drug-likeness (QED) is 0.461. The summed E-state index contributed by atoms with van der Waals surface area (Å²) in [6.45, 7) is 4.28. The van der Waals surface area contributed by atoms with E-state index in [2.05, 4.69) is 27.3 Å². The zero-order valence-corrected chi connectivity index (χ0v) is 18.3. The summed E-state index contributed by atoms with van der Waals surface area (Å²) in [5.41, 5.74) is 1.83. The third kappa shape index (κ3) is 4.48. The molecule has 0 spiro atoms. The number of carbonyl (C=O) groups is 1. The molecule has 0 bridgehead atoms. The number of carbonyl (C=O) groups excluding carboxylic acids is 1. The molecule has 0 unspecified atom stereocenters. The van der Waals surface area contributed by atoms with E-state index in [1.165, 1.54) is 12.8 Å². The number of benzene rings is 2. The van der Waals surface area contributed by atoms with E-state index >= 15 is 0 Å². The number of aromatic nitrogens is 2. The molecule has 7 nitrogen and oxygen atoms in total. The van der Waals surface area contributed by atoms with Crippen LogP contribution in [0.4, 0.5) is 11.5 Å². The van der Waals surface area contributed by atoms with E-state index in [1.54, 1.807) is 30.3 Å². The lowest BCUT2D eigenvalue weighted by Crippen LogP contribution is -2.33. The highest BCUT2D eigenvalue weighted by Gasteiger charge is 2.18. The van der Waals surface area contributed by atoms with Gasteiger partial charge in [-0.15, -0.1) is 10.2 Å². The SMILES string of the molecule is CC1CCN(c2ccc(-c3cccc(NC(=O)c4cc5ccccc5oc4=O)c3)nn2)CC1. The van der Waals surface area contributed by atoms with Crippen molar-refractivity contribution < 1.29 is 9.21 Å². The van der Waals surface area contributed by atoms with Crippen LogP contribution < -0.4 is 15.8 Å². The number of amides is 1. The van der Waals surface area contributed by atoms with Crippen LogP contribution in [-0.2, 0) is 0 Å². The number of fused-ring (bicyclic) bond motifs is 1. The molecular weight excluding hydrogens is 416 g/mol. The first-order chi connectivity index (χ1) is 16.1. The van der Waals surface area contributed by atoms with Crippen LogP contribution >= 0.6 is 0 Å². The molecule has 3 heterocycles. The Kier molecular flexibility index (Phi) is 5.60. The van der Waals surface area contributed by atoms with E-state index in [9.17, 15) is 9.59 Å². The Morgan fingerprint density at radius 1 is 1.00 bits per heavy atom. The summed E-state index contributed by atoms with van der Waals surface area (Å²) in [6.07, 6.45) is 2.33. The van der Waals surface area contributed by atoms with Crippen molar-refractivity contribution in [2.75, 3.05) is 23.3 Å². The first kappa shape index (κ1) is 20.9. The Balaban J connectivity index is 1.34. The van der Waals surface area contributed by atoms with Gasteiger partial charge >= 0.3 is 5.63 Å². The number of hydrogen-bond donors (Lipinski definition) is 1. The highest BCUT2D eigenvalue weighted by Crippen LogP contribution is 2.25. The number of para-hydroxylation sites is 1. The van der Waals surface area contributed by atoms with Gasteiger partial charge in [0.1, 0.15) is 11.1 Å². The maximum Gasteiger partial charge on any atom is 0.349 e. The van der Waals surface area contributed by atoms with Crippen molar-refractivity contribution in [2.45, 2.75) is 19.8 Å². The molecule has 0 aliphatic carbocycles. The van der Waals surface area contributed by atoms with Crippen molar-refractivity contribution in [3.63, 3.8) is 0 Å². The fourth-order valence-corrected chi connectivity index (χ4v) is 4.06. The smallest absolute Gasteiger partial charge is 0.349 e. The lowest BCUT2D eigenvalue weighted by atomic mass is 9.99. The molecule has 5 rings (SSSR count). The van der Waals surface area contributed by atoms with Gasteiger partial charge < -0.3 is 14.6 Å². The molecule has 1 saturated heterocycles. The second-order valence-corrected chi connectivity index (χ2v) is 8.47. The highest BCUT2D eigenvalue weighted by atomic mass is 16.4. The molecule has 2 aromatic heterocycles. The Morgan fingerprint density at radius 2 is 1.82 bits per heavy atom. The Bertz CT molecular complexity index is 1360. The van der Waals surface area contributed by atoms with Gasteiger partial charge in [0.15, 0.2) is 5.82 Å². The molecular formula is C26H24N4O3. The van der Waals surface area contributed by atoms with Crippen LogP contribution in [0.3, 0.4) is 0 Å². The minimum Gasteiger partial charge on any atom is -0.422 e. The molecule has 1 fully saturated rings. The predicted octanol–water partition coefficient (Wildman–Crippen LogP) is 4.74. The molecule has 4 aromatic rings. The van der Waals surface area contributed by atoms with Crippen LogP contribution in [0, 0.1) is 5.92 Å². The summed E-state index contributed by atoms with van der Waals surface area (Å²) >= 11 is 0. The summed E-state index contributed by atoms with van der Waals surface area (Å²) < 4.78 is 5.27. The maximum atomic E-state index is 12.8. The molecule has 2 aromatic carbocycles. The van der Waals surface area contributed by atoms with E-state index in [-0.39, 0.29) is 5.56 Å². The lowest BCUT2D eigenvalue weighted by Gasteiger charge is -2.30.